The molecule has 2 atom stereocenters. The Kier molecular flexibility index (Phi) is 1.96. The van der Waals surface area contributed by atoms with Gasteiger partial charge in [-0.2, -0.15) is 0 Å². The molecule has 0 aliphatic heterocycles. The SMILES string of the molecule is CC1C(C)(C)C2=CC=CCC2C1(C)C. The number of hydrogen-bond donors (Lipinski definition) is 0. The number of allylic oxidation sites excluding steroid dienone is 4. The summed E-state index contributed by atoms with van der Waals surface area (Å²) < 4.78 is 0. The summed E-state index contributed by atoms with van der Waals surface area (Å²) in [5.41, 5.74) is 2.52. The van der Waals surface area contributed by atoms with Gasteiger partial charge in [-0.3, -0.25) is 0 Å². The fraction of sp³-hybridized carbons (Fsp3) is 0.714. The summed E-state index contributed by atoms with van der Waals surface area (Å²) in [7, 11) is 0. The summed E-state index contributed by atoms with van der Waals surface area (Å²) in [5, 5.41) is 0. The van der Waals surface area contributed by atoms with Crippen LogP contribution in [0.5, 0.6) is 0 Å². The highest BCUT2D eigenvalue weighted by Gasteiger charge is 2.53. The predicted octanol–water partition coefficient (Wildman–Crippen LogP) is 4.19. The second-order valence-electron chi connectivity index (χ2n) is 6.10. The molecule has 2 rings (SSSR count). The lowest BCUT2D eigenvalue weighted by atomic mass is 9.71. The molecule has 0 spiro atoms. The van der Waals surface area contributed by atoms with Crippen molar-refractivity contribution in [2.75, 3.05) is 0 Å². The summed E-state index contributed by atoms with van der Waals surface area (Å²) in [5.74, 6) is 1.55. The van der Waals surface area contributed by atoms with E-state index in [2.05, 4.69) is 52.8 Å². The van der Waals surface area contributed by atoms with Crippen LogP contribution >= 0.6 is 0 Å². The molecule has 0 bridgehead atoms. The fourth-order valence-electron chi connectivity index (χ4n) is 3.48. The highest BCUT2D eigenvalue weighted by atomic mass is 14.6. The molecule has 0 aromatic heterocycles. The monoisotopic (exact) mass is 190 g/mol. The molecular weight excluding hydrogens is 168 g/mol. The first-order valence-electron chi connectivity index (χ1n) is 5.75. The highest BCUT2D eigenvalue weighted by Crippen LogP contribution is 2.61. The quantitative estimate of drug-likeness (QED) is 0.537. The van der Waals surface area contributed by atoms with Crippen molar-refractivity contribution in [3.05, 3.63) is 23.8 Å². The van der Waals surface area contributed by atoms with E-state index >= 15 is 0 Å². The Balaban J connectivity index is 2.50. The number of rotatable bonds is 0. The third-order valence-electron chi connectivity index (χ3n) is 5.00. The van der Waals surface area contributed by atoms with Crippen LogP contribution in [-0.4, -0.2) is 0 Å². The molecule has 2 unspecified atom stereocenters. The van der Waals surface area contributed by atoms with Crippen LogP contribution in [0.15, 0.2) is 23.8 Å². The maximum absolute atomic E-state index is 2.43. The van der Waals surface area contributed by atoms with Crippen molar-refractivity contribution in [3.63, 3.8) is 0 Å². The van der Waals surface area contributed by atoms with Crippen LogP contribution in [0.2, 0.25) is 0 Å². The second-order valence-corrected chi connectivity index (χ2v) is 6.10. The minimum absolute atomic E-state index is 0.388. The van der Waals surface area contributed by atoms with Crippen LogP contribution in [0.25, 0.3) is 0 Å². The standard InChI is InChI=1S/C14H22/c1-10-13(2,3)11-8-6-7-9-12(11)14(10,4)5/h6-8,10,12H,9H2,1-5H3. The van der Waals surface area contributed by atoms with E-state index in [9.17, 15) is 0 Å². The van der Waals surface area contributed by atoms with Crippen molar-refractivity contribution in [3.8, 4) is 0 Å². The van der Waals surface area contributed by atoms with Gasteiger partial charge < -0.3 is 0 Å². The average molecular weight is 190 g/mol. The van der Waals surface area contributed by atoms with E-state index in [1.54, 1.807) is 5.57 Å². The molecule has 0 saturated heterocycles. The van der Waals surface area contributed by atoms with Crippen molar-refractivity contribution >= 4 is 0 Å². The molecular formula is C14H22. The van der Waals surface area contributed by atoms with E-state index in [1.807, 2.05) is 0 Å². The van der Waals surface area contributed by atoms with Crippen LogP contribution in [0, 0.1) is 22.7 Å². The Morgan fingerprint density at radius 3 is 2.43 bits per heavy atom. The van der Waals surface area contributed by atoms with E-state index in [4.69, 9.17) is 0 Å². The van der Waals surface area contributed by atoms with E-state index in [1.165, 1.54) is 6.42 Å². The van der Waals surface area contributed by atoms with Crippen LogP contribution in [-0.2, 0) is 0 Å². The lowest BCUT2D eigenvalue weighted by Crippen LogP contribution is -2.26. The maximum atomic E-state index is 2.43. The maximum Gasteiger partial charge on any atom is -0.0106 e. The van der Waals surface area contributed by atoms with Gasteiger partial charge in [0.2, 0.25) is 0 Å². The first-order chi connectivity index (χ1) is 6.38. The van der Waals surface area contributed by atoms with Gasteiger partial charge in [-0.1, -0.05) is 58.4 Å². The van der Waals surface area contributed by atoms with E-state index < -0.39 is 0 Å². The zero-order chi connectivity index (χ0) is 10.6. The van der Waals surface area contributed by atoms with E-state index in [0.717, 1.165) is 11.8 Å². The predicted molar refractivity (Wildman–Crippen MR) is 62.1 cm³/mol. The smallest absolute Gasteiger partial charge is 0.0106 e. The molecule has 0 amide bonds. The molecule has 1 saturated carbocycles. The van der Waals surface area contributed by atoms with Crippen molar-refractivity contribution in [2.45, 2.75) is 41.0 Å². The fourth-order valence-corrected chi connectivity index (χ4v) is 3.48. The third-order valence-corrected chi connectivity index (χ3v) is 5.00. The molecule has 0 N–H and O–H groups in total. The van der Waals surface area contributed by atoms with Crippen LogP contribution in [0.4, 0.5) is 0 Å². The van der Waals surface area contributed by atoms with Crippen molar-refractivity contribution in [1.29, 1.82) is 0 Å². The Bertz CT molecular complexity index is 302. The summed E-state index contributed by atoms with van der Waals surface area (Å²) in [6.45, 7) is 12.1. The summed E-state index contributed by atoms with van der Waals surface area (Å²) >= 11 is 0. The first kappa shape index (κ1) is 10.0. The van der Waals surface area contributed by atoms with Gasteiger partial charge in [-0.25, -0.2) is 0 Å². The van der Waals surface area contributed by atoms with Crippen molar-refractivity contribution in [2.24, 2.45) is 22.7 Å². The lowest BCUT2D eigenvalue weighted by molar-refractivity contribution is 0.155. The topological polar surface area (TPSA) is 0 Å². The molecule has 0 heterocycles. The van der Waals surface area contributed by atoms with Gasteiger partial charge in [0.1, 0.15) is 0 Å². The highest BCUT2D eigenvalue weighted by molar-refractivity contribution is 5.33. The second kappa shape index (κ2) is 2.74. The van der Waals surface area contributed by atoms with Gasteiger partial charge in [0.05, 0.1) is 0 Å². The number of fused-ring (bicyclic) bond motifs is 1. The van der Waals surface area contributed by atoms with Gasteiger partial charge in [-0.15, -0.1) is 0 Å². The van der Waals surface area contributed by atoms with Gasteiger partial charge in [0.15, 0.2) is 0 Å². The van der Waals surface area contributed by atoms with Crippen LogP contribution in [0.3, 0.4) is 0 Å². The lowest BCUT2D eigenvalue weighted by Gasteiger charge is -2.33. The minimum Gasteiger partial charge on any atom is -0.0839 e. The third kappa shape index (κ3) is 1.06. The molecule has 14 heavy (non-hydrogen) atoms. The summed E-state index contributed by atoms with van der Waals surface area (Å²) in [4.78, 5) is 0. The molecule has 0 radical (unpaired) electrons. The molecule has 1 fully saturated rings. The van der Waals surface area contributed by atoms with Crippen molar-refractivity contribution < 1.29 is 0 Å². The summed E-state index contributed by atoms with van der Waals surface area (Å²) in [6.07, 6.45) is 8.16. The Hall–Kier alpha value is -0.520. The van der Waals surface area contributed by atoms with Crippen molar-refractivity contribution in [1.82, 2.24) is 0 Å². The molecule has 2 aliphatic carbocycles. The normalized spacial score (nSPS) is 37.9. The molecule has 0 heteroatoms. The van der Waals surface area contributed by atoms with Gasteiger partial charge in [0, 0.05) is 0 Å². The van der Waals surface area contributed by atoms with Crippen LogP contribution in [0.1, 0.15) is 41.0 Å². The molecule has 0 aromatic carbocycles. The first-order valence-corrected chi connectivity index (χ1v) is 5.75. The zero-order valence-electron chi connectivity index (χ0n) is 10.1. The Morgan fingerprint density at radius 2 is 1.86 bits per heavy atom. The average Bonchev–Trinajstić information content (AvgIpc) is 2.28. The van der Waals surface area contributed by atoms with Gasteiger partial charge >= 0.3 is 0 Å². The van der Waals surface area contributed by atoms with E-state index in [0.29, 0.717) is 10.8 Å². The zero-order valence-corrected chi connectivity index (χ0v) is 10.1. The minimum atomic E-state index is 0.388. The van der Waals surface area contributed by atoms with E-state index in [-0.39, 0.29) is 0 Å². The molecule has 0 aromatic rings. The van der Waals surface area contributed by atoms with Gasteiger partial charge in [-0.05, 0) is 29.1 Å². The molecule has 78 valence electrons. The number of hydrogen-bond acceptors (Lipinski definition) is 0. The Morgan fingerprint density at radius 1 is 1.21 bits per heavy atom. The summed E-state index contributed by atoms with van der Waals surface area (Å²) in [6, 6.07) is 0. The largest absolute Gasteiger partial charge is 0.0839 e. The van der Waals surface area contributed by atoms with Gasteiger partial charge in [0.25, 0.3) is 0 Å². The molecule has 0 nitrogen and oxygen atoms in total. The van der Waals surface area contributed by atoms with Crippen LogP contribution < -0.4 is 0 Å². The molecule has 2 aliphatic rings. The Labute approximate surface area is 88.1 Å².